The summed E-state index contributed by atoms with van der Waals surface area (Å²) in [6, 6.07) is 8.63. The third kappa shape index (κ3) is 5.70. The van der Waals surface area contributed by atoms with Gasteiger partial charge >= 0.3 is 6.18 Å². The van der Waals surface area contributed by atoms with Gasteiger partial charge in [0.25, 0.3) is 0 Å². The molecule has 5 nitrogen and oxygen atoms in total. The van der Waals surface area contributed by atoms with Crippen LogP contribution in [0.15, 0.2) is 29.3 Å². The molecule has 1 N–H and O–H groups in total. The minimum atomic E-state index is -4.59. The number of carbonyl (C=O) groups excluding carboxylic acids is 1. The molecule has 0 spiro atoms. The molecule has 0 radical (unpaired) electrons. The molecule has 3 rings (SSSR count). The van der Waals surface area contributed by atoms with Crippen LogP contribution < -0.4 is 10.1 Å². The number of pyridine rings is 1. The molecule has 2 aromatic rings. The molecule has 1 aromatic carbocycles. The zero-order valence-electron chi connectivity index (χ0n) is 17.0. The largest absolute Gasteiger partial charge is 0.497 e. The summed E-state index contributed by atoms with van der Waals surface area (Å²) in [5, 5.41) is 12.3. The quantitative estimate of drug-likeness (QED) is 0.454. The van der Waals surface area contributed by atoms with Crippen molar-refractivity contribution >= 4 is 23.4 Å². The van der Waals surface area contributed by atoms with E-state index in [0.29, 0.717) is 48.6 Å². The van der Waals surface area contributed by atoms with Crippen molar-refractivity contribution in [3.05, 3.63) is 46.6 Å². The second-order valence-corrected chi connectivity index (χ2v) is 8.22. The summed E-state index contributed by atoms with van der Waals surface area (Å²) in [4.78, 5) is 16.5. The number of nitrogens with zero attached hydrogens (tertiary/aromatic N) is 2. The minimum Gasteiger partial charge on any atom is -0.497 e. The molecule has 0 atom stereocenters. The van der Waals surface area contributed by atoms with Gasteiger partial charge in [-0.2, -0.15) is 18.4 Å². The van der Waals surface area contributed by atoms with Gasteiger partial charge in [0, 0.05) is 23.6 Å². The third-order valence-corrected chi connectivity index (χ3v) is 6.06. The summed E-state index contributed by atoms with van der Waals surface area (Å²) in [5.41, 5.74) is 0.00696. The fourth-order valence-corrected chi connectivity index (χ4v) is 4.49. The molecular formula is C22H22F3N3O2S. The Hall–Kier alpha value is -2.73. The Balaban J connectivity index is 1.63. The number of hydrogen-bond donors (Lipinski definition) is 1. The lowest BCUT2D eigenvalue weighted by Crippen LogP contribution is -2.19. The summed E-state index contributed by atoms with van der Waals surface area (Å²) in [6.45, 7) is 0. The van der Waals surface area contributed by atoms with Crippen molar-refractivity contribution in [2.45, 2.75) is 49.7 Å². The Morgan fingerprint density at radius 2 is 1.97 bits per heavy atom. The number of amides is 1. The van der Waals surface area contributed by atoms with Crippen LogP contribution in [0.2, 0.25) is 0 Å². The molecule has 31 heavy (non-hydrogen) atoms. The zero-order valence-corrected chi connectivity index (χ0v) is 17.8. The molecule has 9 heteroatoms. The van der Waals surface area contributed by atoms with Crippen LogP contribution in [-0.2, 0) is 23.8 Å². The van der Waals surface area contributed by atoms with Gasteiger partial charge in [0.15, 0.2) is 0 Å². The van der Waals surface area contributed by atoms with E-state index >= 15 is 0 Å². The molecule has 1 aliphatic rings. The van der Waals surface area contributed by atoms with Crippen LogP contribution in [0, 0.1) is 11.3 Å². The van der Waals surface area contributed by atoms with Gasteiger partial charge in [-0.05, 0) is 61.9 Å². The number of anilines is 1. The Bertz CT molecular complexity index is 985. The van der Waals surface area contributed by atoms with Gasteiger partial charge in [-0.3, -0.25) is 4.79 Å². The van der Waals surface area contributed by atoms with Gasteiger partial charge in [0.05, 0.1) is 18.2 Å². The van der Waals surface area contributed by atoms with Gasteiger partial charge in [0.2, 0.25) is 5.91 Å². The molecule has 0 fully saturated rings. The maximum Gasteiger partial charge on any atom is 0.418 e. The van der Waals surface area contributed by atoms with Crippen molar-refractivity contribution in [3.8, 4) is 11.8 Å². The van der Waals surface area contributed by atoms with E-state index in [0.717, 1.165) is 18.2 Å². The zero-order chi connectivity index (χ0) is 22.4. The lowest BCUT2D eigenvalue weighted by molar-refractivity contribution is -0.138. The number of fused-ring (bicyclic) bond motifs is 1. The fourth-order valence-electron chi connectivity index (χ4n) is 3.54. The van der Waals surface area contributed by atoms with Gasteiger partial charge in [-0.25, -0.2) is 4.98 Å². The molecule has 0 unspecified atom stereocenters. The second kappa shape index (κ2) is 10.1. The monoisotopic (exact) mass is 449 g/mol. The van der Waals surface area contributed by atoms with Gasteiger partial charge in [0.1, 0.15) is 16.8 Å². The van der Waals surface area contributed by atoms with Crippen LogP contribution in [0.5, 0.6) is 5.75 Å². The van der Waals surface area contributed by atoms with Crippen LogP contribution in [0.1, 0.15) is 48.1 Å². The normalized spacial score (nSPS) is 13.3. The van der Waals surface area contributed by atoms with E-state index in [4.69, 9.17) is 4.74 Å². The van der Waals surface area contributed by atoms with E-state index in [1.54, 1.807) is 37.4 Å². The maximum atomic E-state index is 13.7. The number of aromatic nitrogens is 1. The number of rotatable bonds is 7. The number of methoxy groups -OCH3 is 1. The number of carbonyl (C=O) groups is 1. The van der Waals surface area contributed by atoms with Crippen molar-refractivity contribution in [2.24, 2.45) is 0 Å². The van der Waals surface area contributed by atoms with Crippen LogP contribution in [0.25, 0.3) is 0 Å². The first-order valence-corrected chi connectivity index (χ1v) is 10.9. The molecule has 0 bridgehead atoms. The highest BCUT2D eigenvalue weighted by atomic mass is 32.2. The number of benzene rings is 1. The first-order chi connectivity index (χ1) is 14.8. The lowest BCUT2D eigenvalue weighted by Gasteiger charge is -2.22. The molecule has 1 aliphatic carbocycles. The average Bonchev–Trinajstić information content (AvgIpc) is 2.75. The van der Waals surface area contributed by atoms with E-state index in [9.17, 15) is 23.2 Å². The number of nitriles is 1. The van der Waals surface area contributed by atoms with Crippen LogP contribution in [0.4, 0.5) is 18.9 Å². The predicted molar refractivity (Wildman–Crippen MR) is 112 cm³/mol. The summed E-state index contributed by atoms with van der Waals surface area (Å²) < 4.78 is 46.2. The Kier molecular flexibility index (Phi) is 7.44. The molecule has 1 aromatic heterocycles. The van der Waals surface area contributed by atoms with Crippen molar-refractivity contribution in [1.29, 1.82) is 5.26 Å². The van der Waals surface area contributed by atoms with E-state index in [2.05, 4.69) is 10.3 Å². The molecular weight excluding hydrogens is 427 g/mol. The van der Waals surface area contributed by atoms with Gasteiger partial charge in [-0.15, -0.1) is 11.8 Å². The van der Waals surface area contributed by atoms with E-state index < -0.39 is 17.3 Å². The summed E-state index contributed by atoms with van der Waals surface area (Å²) >= 11 is 1.10. The van der Waals surface area contributed by atoms with Crippen molar-refractivity contribution in [1.82, 2.24) is 4.98 Å². The van der Waals surface area contributed by atoms with E-state index in [-0.39, 0.29) is 22.9 Å². The van der Waals surface area contributed by atoms with E-state index in [1.165, 1.54) is 0 Å². The lowest BCUT2D eigenvalue weighted by atomic mass is 9.90. The summed E-state index contributed by atoms with van der Waals surface area (Å²) in [5.74, 6) is 0.868. The summed E-state index contributed by atoms with van der Waals surface area (Å²) in [6.07, 6.45) is -1.71. The molecule has 164 valence electrons. The van der Waals surface area contributed by atoms with Gasteiger partial charge < -0.3 is 10.1 Å². The number of nitrogens with one attached hydrogen (secondary N) is 1. The van der Waals surface area contributed by atoms with Crippen LogP contribution >= 0.6 is 11.8 Å². The van der Waals surface area contributed by atoms with Crippen LogP contribution in [-0.4, -0.2) is 23.8 Å². The standard InChI is InChI=1S/C22H22F3N3O2S/c1-30-15-10-8-14(9-11-15)27-19(29)7-4-12-31-21-17(13-26)20(22(23,24)25)16-5-2-3-6-18(16)28-21/h8-11H,2-7,12H2,1H3,(H,27,29). The number of halogens is 3. The Labute approximate surface area is 183 Å². The number of alkyl halides is 3. The molecule has 1 amide bonds. The second-order valence-electron chi connectivity index (χ2n) is 7.14. The maximum absolute atomic E-state index is 13.7. The minimum absolute atomic E-state index is 0.103. The molecule has 0 saturated heterocycles. The smallest absolute Gasteiger partial charge is 0.418 e. The molecule has 1 heterocycles. The number of thioether (sulfide) groups is 1. The van der Waals surface area contributed by atoms with E-state index in [1.807, 2.05) is 0 Å². The third-order valence-electron chi connectivity index (χ3n) is 5.00. The SMILES string of the molecule is COc1ccc(NC(=O)CCCSc2nc3c(c(C(F)(F)F)c2C#N)CCCC3)cc1. The molecule has 0 saturated carbocycles. The predicted octanol–water partition coefficient (Wildman–Crippen LogP) is 5.37. The highest BCUT2D eigenvalue weighted by molar-refractivity contribution is 7.99. The Morgan fingerprint density at radius 3 is 2.61 bits per heavy atom. The van der Waals surface area contributed by atoms with Crippen molar-refractivity contribution in [3.63, 3.8) is 0 Å². The number of aryl methyl sites for hydroxylation is 1. The highest BCUT2D eigenvalue weighted by Crippen LogP contribution is 2.41. The Morgan fingerprint density at radius 1 is 1.26 bits per heavy atom. The number of hydrogen-bond acceptors (Lipinski definition) is 5. The summed E-state index contributed by atoms with van der Waals surface area (Å²) in [7, 11) is 1.55. The van der Waals surface area contributed by atoms with Crippen molar-refractivity contribution in [2.75, 3.05) is 18.2 Å². The van der Waals surface area contributed by atoms with Crippen molar-refractivity contribution < 1.29 is 22.7 Å². The first kappa shape index (κ1) is 22.9. The van der Waals surface area contributed by atoms with Gasteiger partial charge in [-0.1, -0.05) is 0 Å². The topological polar surface area (TPSA) is 75.0 Å². The first-order valence-electron chi connectivity index (χ1n) is 9.93. The van der Waals surface area contributed by atoms with Crippen LogP contribution in [0.3, 0.4) is 0 Å². The molecule has 0 aliphatic heterocycles. The fraction of sp³-hybridized carbons (Fsp3) is 0.409. The average molecular weight is 449 g/mol. The highest BCUT2D eigenvalue weighted by Gasteiger charge is 2.39. The number of ether oxygens (including phenoxy) is 1.